The summed E-state index contributed by atoms with van der Waals surface area (Å²) in [7, 11) is 0. The first-order chi connectivity index (χ1) is 8.31. The lowest BCUT2D eigenvalue weighted by atomic mass is 10.3. The summed E-state index contributed by atoms with van der Waals surface area (Å²) in [6.07, 6.45) is 3.30. The highest BCUT2D eigenvalue weighted by Crippen LogP contribution is 2.22. The van der Waals surface area contributed by atoms with E-state index >= 15 is 0 Å². The minimum Gasteiger partial charge on any atom is -0.457 e. The van der Waals surface area contributed by atoms with E-state index in [0.29, 0.717) is 5.69 Å². The van der Waals surface area contributed by atoms with Crippen LogP contribution < -0.4 is 10.5 Å². The molecule has 0 aliphatic rings. The fraction of sp³-hybridized carbons (Fsp3) is 0. The smallest absolute Gasteiger partial charge is 0.158 e. The number of anilines is 1. The van der Waals surface area contributed by atoms with Gasteiger partial charge in [-0.15, -0.1) is 0 Å². The molecule has 1 aromatic carbocycles. The van der Waals surface area contributed by atoms with Gasteiger partial charge in [0.15, 0.2) is 5.65 Å². The molecule has 0 amide bonds. The Morgan fingerprint density at radius 1 is 1.06 bits per heavy atom. The number of fused-ring (bicyclic) bond motifs is 1. The second-order valence-electron chi connectivity index (χ2n) is 3.60. The Morgan fingerprint density at radius 3 is 2.71 bits per heavy atom. The zero-order valence-electron chi connectivity index (χ0n) is 8.95. The standard InChI is InChI=1S/C12H10N4O/c13-9-1-3-10(4-2-9)17-11-5-6-16-12(7-11)14-8-15-16/h1-8H,13H2. The number of pyridine rings is 1. The third-order valence-corrected chi connectivity index (χ3v) is 2.37. The van der Waals surface area contributed by atoms with Crippen molar-refractivity contribution in [3.05, 3.63) is 48.9 Å². The van der Waals surface area contributed by atoms with Gasteiger partial charge in [-0.1, -0.05) is 0 Å². The Kier molecular flexibility index (Phi) is 2.15. The van der Waals surface area contributed by atoms with Crippen LogP contribution in [0.5, 0.6) is 11.5 Å². The average Bonchev–Trinajstić information content (AvgIpc) is 2.79. The van der Waals surface area contributed by atoms with E-state index in [1.54, 1.807) is 22.8 Å². The third-order valence-electron chi connectivity index (χ3n) is 2.37. The molecule has 2 heterocycles. The molecule has 0 aliphatic carbocycles. The van der Waals surface area contributed by atoms with Crippen molar-refractivity contribution >= 4 is 11.3 Å². The van der Waals surface area contributed by atoms with Gasteiger partial charge in [-0.05, 0) is 30.3 Å². The Hall–Kier alpha value is -2.56. The summed E-state index contributed by atoms with van der Waals surface area (Å²) >= 11 is 0. The maximum absolute atomic E-state index is 5.67. The maximum Gasteiger partial charge on any atom is 0.158 e. The zero-order chi connectivity index (χ0) is 11.7. The second-order valence-corrected chi connectivity index (χ2v) is 3.60. The van der Waals surface area contributed by atoms with Crippen molar-refractivity contribution < 1.29 is 4.74 Å². The van der Waals surface area contributed by atoms with Crippen LogP contribution in [-0.2, 0) is 0 Å². The number of aromatic nitrogens is 3. The van der Waals surface area contributed by atoms with Gasteiger partial charge in [0, 0.05) is 18.0 Å². The van der Waals surface area contributed by atoms with E-state index in [4.69, 9.17) is 10.5 Å². The molecule has 5 heteroatoms. The molecule has 84 valence electrons. The zero-order valence-corrected chi connectivity index (χ0v) is 8.95. The Morgan fingerprint density at radius 2 is 1.88 bits per heavy atom. The minimum atomic E-state index is 0.713. The van der Waals surface area contributed by atoms with Gasteiger partial charge >= 0.3 is 0 Å². The molecule has 0 bridgehead atoms. The lowest BCUT2D eigenvalue weighted by molar-refractivity contribution is 0.482. The monoisotopic (exact) mass is 226 g/mol. The highest BCUT2D eigenvalue weighted by Gasteiger charge is 2.00. The van der Waals surface area contributed by atoms with Crippen LogP contribution >= 0.6 is 0 Å². The quantitative estimate of drug-likeness (QED) is 0.679. The minimum absolute atomic E-state index is 0.713. The average molecular weight is 226 g/mol. The largest absolute Gasteiger partial charge is 0.457 e. The Bertz CT molecular complexity index is 645. The molecule has 2 aromatic heterocycles. The third kappa shape index (κ3) is 1.90. The summed E-state index contributed by atoms with van der Waals surface area (Å²) in [6.45, 7) is 0. The van der Waals surface area contributed by atoms with E-state index in [1.165, 1.54) is 6.33 Å². The molecule has 0 aliphatic heterocycles. The van der Waals surface area contributed by atoms with Crippen molar-refractivity contribution in [1.29, 1.82) is 0 Å². The number of benzene rings is 1. The molecular formula is C12H10N4O. The SMILES string of the molecule is Nc1ccc(Oc2ccn3ncnc3c2)cc1. The van der Waals surface area contributed by atoms with Crippen LogP contribution in [0.4, 0.5) is 5.69 Å². The van der Waals surface area contributed by atoms with Gasteiger partial charge in [-0.25, -0.2) is 9.50 Å². The molecule has 3 rings (SSSR count). The van der Waals surface area contributed by atoms with Crippen molar-refractivity contribution in [2.45, 2.75) is 0 Å². The lowest BCUT2D eigenvalue weighted by Crippen LogP contribution is -1.90. The van der Waals surface area contributed by atoms with Crippen LogP contribution in [-0.4, -0.2) is 14.6 Å². The summed E-state index contributed by atoms with van der Waals surface area (Å²) in [5.41, 5.74) is 7.06. The van der Waals surface area contributed by atoms with Crippen molar-refractivity contribution in [1.82, 2.24) is 14.6 Å². The Balaban J connectivity index is 1.91. The van der Waals surface area contributed by atoms with E-state index in [-0.39, 0.29) is 0 Å². The van der Waals surface area contributed by atoms with Gasteiger partial charge in [0.25, 0.3) is 0 Å². The highest BCUT2D eigenvalue weighted by molar-refractivity contribution is 5.46. The second kappa shape index (κ2) is 3.79. The van der Waals surface area contributed by atoms with Crippen LogP contribution in [0.1, 0.15) is 0 Å². The summed E-state index contributed by atoms with van der Waals surface area (Å²) in [5, 5.41) is 4.01. The van der Waals surface area contributed by atoms with Gasteiger partial charge < -0.3 is 10.5 Å². The fourth-order valence-electron chi connectivity index (χ4n) is 1.53. The summed E-state index contributed by atoms with van der Waals surface area (Å²) < 4.78 is 7.35. The predicted octanol–water partition coefficient (Wildman–Crippen LogP) is 2.10. The first-order valence-corrected chi connectivity index (χ1v) is 5.14. The van der Waals surface area contributed by atoms with Gasteiger partial charge in [0.05, 0.1) is 0 Å². The molecule has 0 saturated carbocycles. The number of ether oxygens (including phenoxy) is 1. The van der Waals surface area contributed by atoms with E-state index in [1.807, 2.05) is 24.3 Å². The van der Waals surface area contributed by atoms with Crippen LogP contribution in [0.2, 0.25) is 0 Å². The van der Waals surface area contributed by atoms with Gasteiger partial charge in [-0.3, -0.25) is 0 Å². The topological polar surface area (TPSA) is 65.4 Å². The van der Waals surface area contributed by atoms with Crippen molar-refractivity contribution in [2.24, 2.45) is 0 Å². The van der Waals surface area contributed by atoms with E-state index < -0.39 is 0 Å². The van der Waals surface area contributed by atoms with E-state index in [9.17, 15) is 0 Å². The molecule has 2 N–H and O–H groups in total. The van der Waals surface area contributed by atoms with Crippen molar-refractivity contribution in [3.63, 3.8) is 0 Å². The molecular weight excluding hydrogens is 216 g/mol. The lowest BCUT2D eigenvalue weighted by Gasteiger charge is -2.05. The Labute approximate surface area is 97.5 Å². The molecule has 0 fully saturated rings. The normalized spacial score (nSPS) is 10.6. The van der Waals surface area contributed by atoms with Crippen LogP contribution in [0.25, 0.3) is 5.65 Å². The summed E-state index contributed by atoms with van der Waals surface area (Å²) in [5.74, 6) is 1.46. The first kappa shape index (κ1) is 9.65. The molecule has 5 nitrogen and oxygen atoms in total. The number of nitrogens with zero attached hydrogens (tertiary/aromatic N) is 3. The number of nitrogen functional groups attached to an aromatic ring is 1. The van der Waals surface area contributed by atoms with Crippen molar-refractivity contribution in [3.8, 4) is 11.5 Å². The van der Waals surface area contributed by atoms with Gasteiger partial charge in [0.2, 0.25) is 0 Å². The van der Waals surface area contributed by atoms with Crippen LogP contribution in [0, 0.1) is 0 Å². The molecule has 0 spiro atoms. The number of rotatable bonds is 2. The van der Waals surface area contributed by atoms with Crippen LogP contribution in [0.15, 0.2) is 48.9 Å². The van der Waals surface area contributed by atoms with Crippen molar-refractivity contribution in [2.75, 3.05) is 5.73 Å². The first-order valence-electron chi connectivity index (χ1n) is 5.14. The maximum atomic E-state index is 5.67. The molecule has 3 aromatic rings. The number of hydrogen-bond acceptors (Lipinski definition) is 4. The highest BCUT2D eigenvalue weighted by atomic mass is 16.5. The molecule has 17 heavy (non-hydrogen) atoms. The summed E-state index contributed by atoms with van der Waals surface area (Å²) in [4.78, 5) is 4.09. The number of hydrogen-bond donors (Lipinski definition) is 1. The van der Waals surface area contributed by atoms with E-state index in [2.05, 4.69) is 10.1 Å². The van der Waals surface area contributed by atoms with Gasteiger partial charge in [-0.2, -0.15) is 5.10 Å². The predicted molar refractivity (Wildman–Crippen MR) is 63.9 cm³/mol. The summed E-state index contributed by atoms with van der Waals surface area (Å²) in [6, 6.07) is 10.9. The molecule has 0 radical (unpaired) electrons. The molecule has 0 atom stereocenters. The molecule has 0 saturated heterocycles. The van der Waals surface area contributed by atoms with Gasteiger partial charge in [0.1, 0.15) is 17.8 Å². The molecule has 0 unspecified atom stereocenters. The fourth-order valence-corrected chi connectivity index (χ4v) is 1.53. The van der Waals surface area contributed by atoms with Crippen LogP contribution in [0.3, 0.4) is 0 Å². The van der Waals surface area contributed by atoms with E-state index in [0.717, 1.165) is 17.1 Å². The number of nitrogens with two attached hydrogens (primary N) is 1.